The molecule has 0 unspecified atom stereocenters. The van der Waals surface area contributed by atoms with Gasteiger partial charge in [-0.3, -0.25) is 4.79 Å². The number of para-hydroxylation sites is 1. The molecule has 0 saturated carbocycles. The third-order valence-electron chi connectivity index (χ3n) is 4.61. The molecule has 0 amide bonds. The summed E-state index contributed by atoms with van der Waals surface area (Å²) in [6, 6.07) is 7.13. The molecule has 0 aromatic heterocycles. The van der Waals surface area contributed by atoms with E-state index in [-0.39, 0.29) is 5.12 Å². The van der Waals surface area contributed by atoms with Crippen LogP contribution in [-0.2, 0) is 18.9 Å². The van der Waals surface area contributed by atoms with Crippen LogP contribution in [0.5, 0.6) is 5.75 Å². The lowest BCUT2D eigenvalue weighted by atomic mass is 9.78. The van der Waals surface area contributed by atoms with Crippen LogP contribution in [0.4, 0.5) is 0 Å². The van der Waals surface area contributed by atoms with Gasteiger partial charge in [0.2, 0.25) is 0 Å². The van der Waals surface area contributed by atoms with Crippen molar-refractivity contribution in [3.05, 3.63) is 35.3 Å². The molecule has 0 spiro atoms. The first kappa shape index (κ1) is 21.5. The van der Waals surface area contributed by atoms with Crippen LogP contribution >= 0.6 is 11.8 Å². The number of ether oxygens (including phenoxy) is 1. The number of carboxylic acid groups (broad SMARTS) is 1. The molecule has 0 aliphatic carbocycles. The van der Waals surface area contributed by atoms with Crippen molar-refractivity contribution in [2.24, 2.45) is 0 Å². The molecule has 0 bridgehead atoms. The first-order valence-electron chi connectivity index (χ1n) is 8.65. The van der Waals surface area contributed by atoms with Crippen LogP contribution < -0.4 is 4.74 Å². The normalized spacial score (nSPS) is 18.4. The van der Waals surface area contributed by atoms with Crippen molar-refractivity contribution in [2.75, 3.05) is 12.4 Å². The summed E-state index contributed by atoms with van der Waals surface area (Å²) in [5, 5.41) is 8.85. The molecule has 6 nitrogen and oxygen atoms in total. The highest BCUT2D eigenvalue weighted by atomic mass is 32.2. The van der Waals surface area contributed by atoms with Crippen LogP contribution in [0.15, 0.2) is 29.7 Å². The van der Waals surface area contributed by atoms with E-state index in [1.807, 2.05) is 45.9 Å². The van der Waals surface area contributed by atoms with Gasteiger partial charge in [-0.15, -0.1) is 0 Å². The van der Waals surface area contributed by atoms with Gasteiger partial charge in [0.05, 0.1) is 11.2 Å². The molecule has 1 heterocycles. The predicted octanol–water partition coefficient (Wildman–Crippen LogP) is 3.44. The second kappa shape index (κ2) is 8.50. The van der Waals surface area contributed by atoms with Crippen molar-refractivity contribution in [2.45, 2.75) is 45.8 Å². The maximum Gasteiger partial charge on any atom is 0.491 e. The Morgan fingerprint density at radius 3 is 2.33 bits per heavy atom. The van der Waals surface area contributed by atoms with E-state index < -0.39 is 30.9 Å². The van der Waals surface area contributed by atoms with E-state index in [0.29, 0.717) is 17.1 Å². The number of hydrogen-bond donors (Lipinski definition) is 1. The van der Waals surface area contributed by atoms with Crippen LogP contribution in [0.3, 0.4) is 0 Å². The molecule has 0 atom stereocenters. The Hall–Kier alpha value is -1.77. The van der Waals surface area contributed by atoms with E-state index in [0.717, 1.165) is 5.47 Å². The first-order valence-corrected chi connectivity index (χ1v) is 9.63. The molecule has 8 heteroatoms. The molecule has 1 aromatic rings. The highest BCUT2D eigenvalue weighted by Crippen LogP contribution is 2.39. The minimum absolute atomic E-state index is 0.00664. The summed E-state index contributed by atoms with van der Waals surface area (Å²) >= 11 is 1.17. The van der Waals surface area contributed by atoms with Gasteiger partial charge in [0.15, 0.2) is 11.7 Å². The summed E-state index contributed by atoms with van der Waals surface area (Å²) < 4.78 is 17.6. The quantitative estimate of drug-likeness (QED) is 0.712. The van der Waals surface area contributed by atoms with Gasteiger partial charge < -0.3 is 19.2 Å². The summed E-state index contributed by atoms with van der Waals surface area (Å²) in [6.45, 7) is 8.94. The molecule has 1 fully saturated rings. The topological polar surface area (TPSA) is 82.1 Å². The Labute approximate surface area is 164 Å². The SMILES string of the molecule is CC(=O)SCC(=Cc1ccccc1OCC(=O)O)B1OC(C)(C)C(C)(C)O1. The van der Waals surface area contributed by atoms with E-state index in [2.05, 4.69) is 0 Å². The number of hydrogen-bond acceptors (Lipinski definition) is 6. The molecule has 1 saturated heterocycles. The summed E-state index contributed by atoms with van der Waals surface area (Å²) in [5.74, 6) is -0.201. The highest BCUT2D eigenvalue weighted by Gasteiger charge is 2.52. The minimum atomic E-state index is -1.05. The average molecular weight is 392 g/mol. The van der Waals surface area contributed by atoms with Crippen LogP contribution in [-0.4, -0.2) is 46.9 Å². The van der Waals surface area contributed by atoms with Gasteiger partial charge in [-0.2, -0.15) is 0 Å². The maximum atomic E-state index is 11.5. The van der Waals surface area contributed by atoms with Gasteiger partial charge in [0.25, 0.3) is 0 Å². The number of thioether (sulfide) groups is 1. The van der Waals surface area contributed by atoms with E-state index in [4.69, 9.17) is 19.2 Å². The van der Waals surface area contributed by atoms with Crippen molar-refractivity contribution >= 4 is 36.0 Å². The Kier molecular flexibility index (Phi) is 6.78. The lowest BCUT2D eigenvalue weighted by Crippen LogP contribution is -2.41. The van der Waals surface area contributed by atoms with Crippen LogP contribution in [0.25, 0.3) is 6.08 Å². The summed E-state index contributed by atoms with van der Waals surface area (Å²) in [5.41, 5.74) is 0.473. The summed E-state index contributed by atoms with van der Waals surface area (Å²) in [6.07, 6.45) is 1.84. The van der Waals surface area contributed by atoms with E-state index in [1.54, 1.807) is 12.1 Å². The maximum absolute atomic E-state index is 11.5. The molecule has 1 N–H and O–H groups in total. The van der Waals surface area contributed by atoms with Gasteiger partial charge in [-0.1, -0.05) is 36.0 Å². The van der Waals surface area contributed by atoms with Crippen molar-refractivity contribution in [3.8, 4) is 5.75 Å². The number of aliphatic carboxylic acids is 1. The van der Waals surface area contributed by atoms with E-state index in [9.17, 15) is 9.59 Å². The van der Waals surface area contributed by atoms with Gasteiger partial charge in [-0.05, 0) is 39.2 Å². The van der Waals surface area contributed by atoms with Gasteiger partial charge in [0, 0.05) is 18.2 Å². The highest BCUT2D eigenvalue weighted by molar-refractivity contribution is 8.13. The van der Waals surface area contributed by atoms with Crippen molar-refractivity contribution in [3.63, 3.8) is 0 Å². The fourth-order valence-electron chi connectivity index (χ4n) is 2.43. The lowest BCUT2D eigenvalue weighted by Gasteiger charge is -2.32. The fraction of sp³-hybridized carbons (Fsp3) is 0.474. The molecule has 2 rings (SSSR count). The zero-order chi connectivity index (χ0) is 20.2. The average Bonchev–Trinajstić information content (AvgIpc) is 2.77. The number of benzene rings is 1. The number of carbonyl (C=O) groups is 2. The smallest absolute Gasteiger partial charge is 0.481 e. The molecule has 0 radical (unpaired) electrons. The molecule has 1 aromatic carbocycles. The summed E-state index contributed by atoms with van der Waals surface area (Å²) in [7, 11) is -0.602. The monoisotopic (exact) mass is 392 g/mol. The largest absolute Gasteiger partial charge is 0.491 e. The van der Waals surface area contributed by atoms with Gasteiger partial charge in [0.1, 0.15) is 5.75 Å². The third kappa shape index (κ3) is 5.60. The molecular formula is C19H25BO6S. The lowest BCUT2D eigenvalue weighted by molar-refractivity contribution is -0.139. The molecule has 1 aliphatic rings. The zero-order valence-electron chi connectivity index (χ0n) is 16.3. The van der Waals surface area contributed by atoms with Gasteiger partial charge in [-0.25, -0.2) is 4.79 Å². The number of carboxylic acids is 1. The minimum Gasteiger partial charge on any atom is -0.481 e. The number of rotatable bonds is 7. The fourth-order valence-corrected chi connectivity index (χ4v) is 3.02. The van der Waals surface area contributed by atoms with Crippen LogP contribution in [0.2, 0.25) is 0 Å². The zero-order valence-corrected chi connectivity index (χ0v) is 17.1. The number of carbonyl (C=O) groups excluding carboxylic acids is 1. The van der Waals surface area contributed by atoms with Crippen molar-refractivity contribution < 1.29 is 28.7 Å². The molecule has 146 valence electrons. The van der Waals surface area contributed by atoms with Gasteiger partial charge >= 0.3 is 13.1 Å². The first-order chi connectivity index (χ1) is 12.5. The van der Waals surface area contributed by atoms with Crippen LogP contribution in [0.1, 0.15) is 40.2 Å². The second-order valence-electron chi connectivity index (χ2n) is 7.31. The van der Waals surface area contributed by atoms with E-state index in [1.165, 1.54) is 18.7 Å². The van der Waals surface area contributed by atoms with E-state index >= 15 is 0 Å². The van der Waals surface area contributed by atoms with Crippen molar-refractivity contribution in [1.82, 2.24) is 0 Å². The molecule has 27 heavy (non-hydrogen) atoms. The van der Waals surface area contributed by atoms with Crippen LogP contribution in [0, 0.1) is 0 Å². The Morgan fingerprint density at radius 1 is 1.19 bits per heavy atom. The second-order valence-corrected chi connectivity index (χ2v) is 8.46. The summed E-state index contributed by atoms with van der Waals surface area (Å²) in [4.78, 5) is 22.3. The molecule has 1 aliphatic heterocycles. The predicted molar refractivity (Wildman–Crippen MR) is 107 cm³/mol. The Bertz CT molecular complexity index is 727. The Balaban J connectivity index is 2.35. The molecular weight excluding hydrogens is 367 g/mol. The standard InChI is InChI=1S/C19H25BO6S/c1-13(21)27-12-15(20-25-18(2,3)19(4,5)26-20)10-14-8-6-7-9-16(14)24-11-17(22)23/h6-10H,11-12H2,1-5H3,(H,22,23). The third-order valence-corrected chi connectivity index (χ3v) is 5.49. The van der Waals surface area contributed by atoms with Crippen molar-refractivity contribution in [1.29, 1.82) is 0 Å². The Morgan fingerprint density at radius 2 is 1.78 bits per heavy atom.